The molecule has 0 fully saturated rings. The first-order chi connectivity index (χ1) is 6.06. The molecule has 0 N–H and O–H groups in total. The van der Waals surface area contributed by atoms with Gasteiger partial charge in [0.25, 0.3) is 5.69 Å². The van der Waals surface area contributed by atoms with Crippen LogP contribution in [0.2, 0.25) is 0 Å². The number of benzene rings is 1. The standard InChI is InChI=1S/C10H13NO2/c1-4-10-7(2)5-9(11(12)13)6-8(10)3/h5-6H,4H2,1-3H3. The maximum absolute atomic E-state index is 10.5. The molecule has 70 valence electrons. The van der Waals surface area contributed by atoms with E-state index in [1.54, 1.807) is 12.1 Å². The summed E-state index contributed by atoms with van der Waals surface area (Å²) in [6.45, 7) is 5.89. The summed E-state index contributed by atoms with van der Waals surface area (Å²) in [6, 6.07) is 3.26. The Morgan fingerprint density at radius 1 is 1.31 bits per heavy atom. The Balaban J connectivity index is 3.28. The lowest BCUT2D eigenvalue weighted by Gasteiger charge is -2.06. The molecule has 0 atom stereocenters. The minimum atomic E-state index is -0.348. The van der Waals surface area contributed by atoms with E-state index in [0.717, 1.165) is 17.5 Å². The van der Waals surface area contributed by atoms with Gasteiger partial charge in [0.05, 0.1) is 4.92 Å². The Morgan fingerprint density at radius 3 is 2.08 bits per heavy atom. The van der Waals surface area contributed by atoms with Gasteiger partial charge in [0.2, 0.25) is 0 Å². The average Bonchev–Trinajstić information content (AvgIpc) is 2.03. The molecule has 0 spiro atoms. The summed E-state index contributed by atoms with van der Waals surface area (Å²) in [4.78, 5) is 10.2. The summed E-state index contributed by atoms with van der Waals surface area (Å²) in [6.07, 6.45) is 0.926. The fourth-order valence-corrected chi connectivity index (χ4v) is 1.63. The molecule has 0 heterocycles. The molecule has 0 bridgehead atoms. The van der Waals surface area contributed by atoms with Crippen LogP contribution >= 0.6 is 0 Å². The van der Waals surface area contributed by atoms with Gasteiger partial charge >= 0.3 is 0 Å². The molecule has 1 rings (SSSR count). The van der Waals surface area contributed by atoms with Gasteiger partial charge in [-0.1, -0.05) is 6.92 Å². The lowest BCUT2D eigenvalue weighted by atomic mass is 10.00. The van der Waals surface area contributed by atoms with Crippen molar-refractivity contribution in [2.45, 2.75) is 27.2 Å². The molecule has 3 nitrogen and oxygen atoms in total. The first-order valence-corrected chi connectivity index (χ1v) is 4.30. The molecule has 13 heavy (non-hydrogen) atoms. The summed E-state index contributed by atoms with van der Waals surface area (Å²) in [7, 11) is 0. The lowest BCUT2D eigenvalue weighted by Crippen LogP contribution is -1.95. The molecule has 0 aliphatic heterocycles. The zero-order chi connectivity index (χ0) is 10.0. The zero-order valence-electron chi connectivity index (χ0n) is 8.13. The zero-order valence-corrected chi connectivity index (χ0v) is 8.13. The van der Waals surface area contributed by atoms with Crippen molar-refractivity contribution in [2.75, 3.05) is 0 Å². The minimum absolute atomic E-state index is 0.187. The molecule has 0 unspecified atom stereocenters. The highest BCUT2D eigenvalue weighted by atomic mass is 16.6. The molecule has 0 aliphatic rings. The molecule has 1 aromatic carbocycles. The Labute approximate surface area is 77.5 Å². The molecule has 0 saturated heterocycles. The Hall–Kier alpha value is -1.38. The SMILES string of the molecule is CCc1c(C)cc([N+](=O)[O-])cc1C. The van der Waals surface area contributed by atoms with E-state index in [2.05, 4.69) is 6.92 Å². The number of nitro benzene ring substituents is 1. The van der Waals surface area contributed by atoms with Crippen molar-refractivity contribution in [2.24, 2.45) is 0 Å². The first kappa shape index (κ1) is 9.71. The largest absolute Gasteiger partial charge is 0.269 e. The van der Waals surface area contributed by atoms with Crippen LogP contribution in [-0.2, 0) is 6.42 Å². The molecule has 0 amide bonds. The van der Waals surface area contributed by atoms with Gasteiger partial charge in [-0.15, -0.1) is 0 Å². The van der Waals surface area contributed by atoms with Crippen molar-refractivity contribution >= 4 is 5.69 Å². The van der Waals surface area contributed by atoms with Gasteiger partial charge in [-0.25, -0.2) is 0 Å². The number of aryl methyl sites for hydroxylation is 2. The van der Waals surface area contributed by atoms with E-state index in [-0.39, 0.29) is 10.6 Å². The predicted octanol–water partition coefficient (Wildman–Crippen LogP) is 2.77. The van der Waals surface area contributed by atoms with Crippen LogP contribution in [0, 0.1) is 24.0 Å². The summed E-state index contributed by atoms with van der Waals surface area (Å²) >= 11 is 0. The van der Waals surface area contributed by atoms with Crippen molar-refractivity contribution in [3.05, 3.63) is 38.9 Å². The molecular weight excluding hydrogens is 166 g/mol. The Morgan fingerprint density at radius 2 is 1.77 bits per heavy atom. The van der Waals surface area contributed by atoms with Crippen LogP contribution in [0.4, 0.5) is 5.69 Å². The maximum atomic E-state index is 10.5. The molecular formula is C10H13NO2. The number of hydrogen-bond acceptors (Lipinski definition) is 2. The highest BCUT2D eigenvalue weighted by molar-refractivity contribution is 5.44. The van der Waals surface area contributed by atoms with Gasteiger partial charge in [-0.3, -0.25) is 10.1 Å². The number of nitro groups is 1. The number of non-ortho nitro benzene ring substituents is 1. The van der Waals surface area contributed by atoms with Gasteiger partial charge in [0.1, 0.15) is 0 Å². The first-order valence-electron chi connectivity index (χ1n) is 4.30. The summed E-state index contributed by atoms with van der Waals surface area (Å²) < 4.78 is 0. The van der Waals surface area contributed by atoms with E-state index in [9.17, 15) is 10.1 Å². The van der Waals surface area contributed by atoms with Gasteiger partial charge in [-0.05, 0) is 37.0 Å². The third-order valence-corrected chi connectivity index (χ3v) is 2.25. The van der Waals surface area contributed by atoms with Gasteiger partial charge in [-0.2, -0.15) is 0 Å². The second-order valence-corrected chi connectivity index (χ2v) is 3.17. The monoisotopic (exact) mass is 179 g/mol. The number of rotatable bonds is 2. The third kappa shape index (κ3) is 1.86. The molecule has 0 saturated carbocycles. The third-order valence-electron chi connectivity index (χ3n) is 2.25. The topological polar surface area (TPSA) is 43.1 Å². The molecule has 0 aromatic heterocycles. The predicted molar refractivity (Wildman–Crippen MR) is 51.9 cm³/mol. The van der Waals surface area contributed by atoms with E-state index < -0.39 is 0 Å². The fraction of sp³-hybridized carbons (Fsp3) is 0.400. The highest BCUT2D eigenvalue weighted by Crippen LogP contribution is 2.21. The van der Waals surface area contributed by atoms with E-state index in [1.807, 2.05) is 13.8 Å². The van der Waals surface area contributed by atoms with Gasteiger partial charge in [0, 0.05) is 12.1 Å². The van der Waals surface area contributed by atoms with Crippen molar-refractivity contribution in [3.63, 3.8) is 0 Å². The van der Waals surface area contributed by atoms with E-state index in [1.165, 1.54) is 5.56 Å². The van der Waals surface area contributed by atoms with E-state index in [4.69, 9.17) is 0 Å². The summed E-state index contributed by atoms with van der Waals surface area (Å²) in [5, 5.41) is 10.5. The van der Waals surface area contributed by atoms with Crippen molar-refractivity contribution < 1.29 is 4.92 Å². The van der Waals surface area contributed by atoms with Crippen LogP contribution in [-0.4, -0.2) is 4.92 Å². The smallest absolute Gasteiger partial charge is 0.258 e. The number of hydrogen-bond donors (Lipinski definition) is 0. The van der Waals surface area contributed by atoms with Crippen LogP contribution < -0.4 is 0 Å². The maximum Gasteiger partial charge on any atom is 0.269 e. The van der Waals surface area contributed by atoms with Crippen molar-refractivity contribution in [1.82, 2.24) is 0 Å². The van der Waals surface area contributed by atoms with Crippen molar-refractivity contribution in [3.8, 4) is 0 Å². The number of nitrogens with zero attached hydrogens (tertiary/aromatic N) is 1. The molecule has 0 radical (unpaired) electrons. The molecule has 0 aliphatic carbocycles. The van der Waals surface area contributed by atoms with Crippen LogP contribution in [0.5, 0.6) is 0 Å². The second-order valence-electron chi connectivity index (χ2n) is 3.17. The lowest BCUT2D eigenvalue weighted by molar-refractivity contribution is -0.385. The van der Waals surface area contributed by atoms with Gasteiger partial charge < -0.3 is 0 Å². The highest BCUT2D eigenvalue weighted by Gasteiger charge is 2.09. The Kier molecular flexibility index (Phi) is 2.66. The molecule has 1 aromatic rings. The van der Waals surface area contributed by atoms with Crippen LogP contribution in [0.3, 0.4) is 0 Å². The molecule has 3 heteroatoms. The normalized spacial score (nSPS) is 10.1. The van der Waals surface area contributed by atoms with Crippen molar-refractivity contribution in [1.29, 1.82) is 0 Å². The van der Waals surface area contributed by atoms with Gasteiger partial charge in [0.15, 0.2) is 0 Å². The van der Waals surface area contributed by atoms with Crippen LogP contribution in [0.15, 0.2) is 12.1 Å². The summed E-state index contributed by atoms with van der Waals surface area (Å²) in [5.41, 5.74) is 3.42. The van der Waals surface area contributed by atoms with E-state index >= 15 is 0 Å². The summed E-state index contributed by atoms with van der Waals surface area (Å²) in [5.74, 6) is 0. The Bertz CT molecular complexity index is 322. The van der Waals surface area contributed by atoms with Crippen LogP contribution in [0.1, 0.15) is 23.6 Å². The van der Waals surface area contributed by atoms with Crippen LogP contribution in [0.25, 0.3) is 0 Å². The fourth-order valence-electron chi connectivity index (χ4n) is 1.63. The quantitative estimate of drug-likeness (QED) is 0.517. The van der Waals surface area contributed by atoms with E-state index in [0.29, 0.717) is 0 Å². The minimum Gasteiger partial charge on any atom is -0.258 e. The average molecular weight is 179 g/mol. The second kappa shape index (κ2) is 3.56.